The fraction of sp³-hybridized carbons (Fsp3) is 0.452. The third kappa shape index (κ3) is 4.75. The lowest BCUT2D eigenvalue weighted by Gasteiger charge is -2.49. The molecule has 1 N–H and O–H groups in total. The van der Waals surface area contributed by atoms with Gasteiger partial charge in [-0.25, -0.2) is 9.78 Å². The summed E-state index contributed by atoms with van der Waals surface area (Å²) in [6.07, 6.45) is 7.12. The van der Waals surface area contributed by atoms with Crippen molar-refractivity contribution < 1.29 is 4.79 Å². The van der Waals surface area contributed by atoms with Crippen LogP contribution in [0.15, 0.2) is 77.7 Å². The highest BCUT2D eigenvalue weighted by Crippen LogP contribution is 2.49. The van der Waals surface area contributed by atoms with Crippen LogP contribution in [0.1, 0.15) is 43.7 Å². The molecule has 2 amide bonds. The smallest absolute Gasteiger partial charge is 0.320 e. The molecule has 0 bridgehead atoms. The Bertz CT molecular complexity index is 1300. The Morgan fingerprint density at radius 1 is 0.974 bits per heavy atom. The number of likely N-dealkylation sites (tertiary alicyclic amines) is 1. The van der Waals surface area contributed by atoms with Gasteiger partial charge in [0.15, 0.2) is 0 Å². The van der Waals surface area contributed by atoms with Crippen LogP contribution in [0.2, 0.25) is 0 Å². The zero-order valence-electron chi connectivity index (χ0n) is 22.0. The van der Waals surface area contributed by atoms with E-state index in [1.165, 1.54) is 18.4 Å². The summed E-state index contributed by atoms with van der Waals surface area (Å²) in [5.74, 6) is 1.07. The minimum Gasteiger partial charge on any atom is -0.324 e. The number of benzene rings is 2. The van der Waals surface area contributed by atoms with E-state index < -0.39 is 0 Å². The SMILES string of the molecule is O=C(N1CC[C@@H](Cn2c(-c3ccccc3)nccc2=O)C2(CCCC2)C1)N1CCNC[C@H]1c1ccccc1. The maximum Gasteiger partial charge on any atom is 0.320 e. The maximum atomic E-state index is 14.0. The average Bonchev–Trinajstić information content (AvgIpc) is 3.44. The molecule has 7 nitrogen and oxygen atoms in total. The molecule has 3 fully saturated rings. The van der Waals surface area contributed by atoms with Crippen LogP contribution in [0.25, 0.3) is 11.4 Å². The molecule has 3 aliphatic rings. The third-order valence-electron chi connectivity index (χ3n) is 9.03. The molecule has 2 aliphatic heterocycles. The Balaban J connectivity index is 1.25. The van der Waals surface area contributed by atoms with Gasteiger partial charge in [-0.15, -0.1) is 0 Å². The van der Waals surface area contributed by atoms with Gasteiger partial charge >= 0.3 is 6.03 Å². The molecule has 38 heavy (non-hydrogen) atoms. The Hall–Kier alpha value is -3.45. The topological polar surface area (TPSA) is 70.5 Å². The lowest BCUT2D eigenvalue weighted by atomic mass is 9.69. The van der Waals surface area contributed by atoms with Gasteiger partial charge in [-0.2, -0.15) is 0 Å². The minimum atomic E-state index is -0.00275. The van der Waals surface area contributed by atoms with Crippen molar-refractivity contribution in [3.63, 3.8) is 0 Å². The van der Waals surface area contributed by atoms with Crippen molar-refractivity contribution in [3.8, 4) is 11.4 Å². The van der Waals surface area contributed by atoms with Crippen LogP contribution in [-0.2, 0) is 6.54 Å². The number of urea groups is 1. The van der Waals surface area contributed by atoms with E-state index in [4.69, 9.17) is 0 Å². The van der Waals surface area contributed by atoms with Crippen molar-refractivity contribution in [3.05, 3.63) is 88.8 Å². The monoisotopic (exact) mass is 511 g/mol. The highest BCUT2D eigenvalue weighted by atomic mass is 16.2. The van der Waals surface area contributed by atoms with E-state index in [2.05, 4.69) is 44.4 Å². The number of hydrogen-bond donors (Lipinski definition) is 1. The predicted octanol–water partition coefficient (Wildman–Crippen LogP) is 4.56. The van der Waals surface area contributed by atoms with E-state index in [0.29, 0.717) is 12.5 Å². The van der Waals surface area contributed by atoms with E-state index in [-0.39, 0.29) is 23.0 Å². The molecular weight excluding hydrogens is 474 g/mol. The first kappa shape index (κ1) is 24.9. The van der Waals surface area contributed by atoms with Crippen molar-refractivity contribution in [1.29, 1.82) is 0 Å². The largest absolute Gasteiger partial charge is 0.324 e. The summed E-state index contributed by atoms with van der Waals surface area (Å²) in [6, 6.07) is 22.1. The Morgan fingerprint density at radius 3 is 2.47 bits per heavy atom. The van der Waals surface area contributed by atoms with Gasteiger partial charge in [0.05, 0.1) is 6.04 Å². The van der Waals surface area contributed by atoms with E-state index >= 15 is 0 Å². The number of aromatic nitrogens is 2. The molecule has 1 aliphatic carbocycles. The molecule has 0 unspecified atom stereocenters. The predicted molar refractivity (Wildman–Crippen MR) is 149 cm³/mol. The molecule has 1 aromatic heterocycles. The number of carbonyl (C=O) groups excluding carboxylic acids is 1. The summed E-state index contributed by atoms with van der Waals surface area (Å²) >= 11 is 0. The molecule has 7 heteroatoms. The van der Waals surface area contributed by atoms with E-state index in [1.807, 2.05) is 41.0 Å². The second-order valence-electron chi connectivity index (χ2n) is 11.2. The zero-order chi connectivity index (χ0) is 26.0. The minimum absolute atomic E-state index is 0.00275. The molecule has 6 rings (SSSR count). The Morgan fingerprint density at radius 2 is 1.71 bits per heavy atom. The van der Waals surface area contributed by atoms with Gasteiger partial charge in [0.2, 0.25) is 0 Å². The van der Waals surface area contributed by atoms with Crippen LogP contribution in [0.4, 0.5) is 4.79 Å². The zero-order valence-corrected chi connectivity index (χ0v) is 22.0. The second-order valence-corrected chi connectivity index (χ2v) is 11.2. The lowest BCUT2D eigenvalue weighted by Crippen LogP contribution is -2.58. The van der Waals surface area contributed by atoms with Crippen molar-refractivity contribution in [1.82, 2.24) is 24.7 Å². The fourth-order valence-electron chi connectivity index (χ4n) is 7.04. The van der Waals surface area contributed by atoms with Crippen LogP contribution < -0.4 is 10.9 Å². The summed E-state index contributed by atoms with van der Waals surface area (Å²) in [6.45, 7) is 4.48. The third-order valence-corrected chi connectivity index (χ3v) is 9.03. The van der Waals surface area contributed by atoms with Gasteiger partial charge in [-0.05, 0) is 36.2 Å². The molecule has 0 radical (unpaired) electrons. The first-order valence-electron chi connectivity index (χ1n) is 14.1. The molecule has 1 saturated carbocycles. The van der Waals surface area contributed by atoms with Gasteiger partial charge in [0.25, 0.3) is 5.56 Å². The van der Waals surface area contributed by atoms with E-state index in [0.717, 1.165) is 63.4 Å². The molecule has 198 valence electrons. The van der Waals surface area contributed by atoms with Gasteiger partial charge in [0.1, 0.15) is 5.82 Å². The normalized spacial score (nSPS) is 23.1. The molecule has 3 heterocycles. The van der Waals surface area contributed by atoms with Crippen LogP contribution >= 0.6 is 0 Å². The average molecular weight is 512 g/mol. The number of carbonyl (C=O) groups is 1. The molecule has 1 spiro atoms. The second kappa shape index (κ2) is 10.7. The Labute approximate surface area is 224 Å². The number of piperidine rings is 1. The van der Waals surface area contributed by atoms with Crippen LogP contribution in [-0.4, -0.2) is 58.1 Å². The summed E-state index contributed by atoms with van der Waals surface area (Å²) in [7, 11) is 0. The highest BCUT2D eigenvalue weighted by Gasteiger charge is 2.47. The summed E-state index contributed by atoms with van der Waals surface area (Å²) < 4.78 is 1.87. The Kier molecular flexibility index (Phi) is 7.02. The first-order chi connectivity index (χ1) is 18.6. The van der Waals surface area contributed by atoms with Crippen molar-refractivity contribution in [2.24, 2.45) is 11.3 Å². The number of hydrogen-bond acceptors (Lipinski definition) is 4. The van der Waals surface area contributed by atoms with Crippen molar-refractivity contribution >= 4 is 6.03 Å². The number of nitrogens with zero attached hydrogens (tertiary/aromatic N) is 4. The van der Waals surface area contributed by atoms with E-state index in [1.54, 1.807) is 12.3 Å². The number of piperazine rings is 1. The molecule has 2 atom stereocenters. The maximum absolute atomic E-state index is 14.0. The van der Waals surface area contributed by atoms with Crippen molar-refractivity contribution in [2.45, 2.75) is 44.7 Å². The molecular formula is C31H37N5O2. The molecule has 3 aromatic rings. The number of nitrogens with one attached hydrogen (secondary N) is 1. The molecule has 2 saturated heterocycles. The lowest BCUT2D eigenvalue weighted by molar-refractivity contribution is 0.0236. The standard InChI is InChI=1S/C31H37N5O2/c37-28-13-17-33-29(25-11-5-2-6-12-25)36(28)22-26-14-19-34(23-31(26)15-7-8-16-31)30(38)35-20-18-32-21-27(35)24-9-3-1-4-10-24/h1-6,9-13,17,26-27,32H,7-8,14-16,18-23H2/t26-,27-/m0/s1. The first-order valence-corrected chi connectivity index (χ1v) is 14.1. The highest BCUT2D eigenvalue weighted by molar-refractivity contribution is 5.75. The van der Waals surface area contributed by atoms with Crippen LogP contribution in [0.3, 0.4) is 0 Å². The summed E-state index contributed by atoms with van der Waals surface area (Å²) in [5.41, 5.74) is 2.19. The summed E-state index contributed by atoms with van der Waals surface area (Å²) in [4.78, 5) is 35.9. The van der Waals surface area contributed by atoms with Gasteiger partial charge in [0, 0.05) is 57.1 Å². The van der Waals surface area contributed by atoms with Gasteiger partial charge < -0.3 is 15.1 Å². The summed E-state index contributed by atoms with van der Waals surface area (Å²) in [5, 5.41) is 3.48. The van der Waals surface area contributed by atoms with Crippen LogP contribution in [0.5, 0.6) is 0 Å². The van der Waals surface area contributed by atoms with Crippen molar-refractivity contribution in [2.75, 3.05) is 32.7 Å². The number of rotatable bonds is 4. The quantitative estimate of drug-likeness (QED) is 0.558. The van der Waals surface area contributed by atoms with Gasteiger partial charge in [-0.3, -0.25) is 9.36 Å². The fourth-order valence-corrected chi connectivity index (χ4v) is 7.04. The number of amides is 2. The van der Waals surface area contributed by atoms with Gasteiger partial charge in [-0.1, -0.05) is 73.5 Å². The molecule has 2 aromatic carbocycles. The van der Waals surface area contributed by atoms with Crippen LogP contribution in [0, 0.1) is 11.3 Å². The van der Waals surface area contributed by atoms with E-state index in [9.17, 15) is 9.59 Å².